The first-order valence-electron chi connectivity index (χ1n) is 30.4. The van der Waals surface area contributed by atoms with E-state index in [1.165, 1.54) is 70.6 Å². The van der Waals surface area contributed by atoms with E-state index in [0.29, 0.717) is 31.6 Å². The predicted molar refractivity (Wildman–Crippen MR) is 303 cm³/mol. The van der Waals surface area contributed by atoms with Crippen LogP contribution in [0.3, 0.4) is 0 Å². The van der Waals surface area contributed by atoms with E-state index in [1.807, 2.05) is 0 Å². The fourth-order valence-corrected chi connectivity index (χ4v) is 9.93. The van der Waals surface area contributed by atoms with Gasteiger partial charge in [-0.05, 0) is 43.4 Å². The molecule has 456 valence electrons. The summed E-state index contributed by atoms with van der Waals surface area (Å²) in [5.74, 6) is -0.0336. The molecular weight excluding hydrogens is 1030 g/mol. The standard InChI is InChI=1S/C58H112O17P2/c1-8-11-12-13-14-15-25-32-39-55(60)68-45-53(74-57(62)41-34-27-19-16-22-29-36-49(4)5)47-72-76(64,65)70-43-52(59)44-71-77(66,67)73-48-54(75-58(63)42-35-28-21-18-24-31-38-51(7)10-3)46-69-56(61)40-33-26-20-17-23-30-37-50(6)9-2/h49-54,59H,8-48H2,1-7H3,(H,64,65)(H,66,67)/t50?,51?,52-,53+,54+/m0/s1. The summed E-state index contributed by atoms with van der Waals surface area (Å²) in [6.45, 7) is 11.5. The first kappa shape index (κ1) is 75.1. The van der Waals surface area contributed by atoms with Gasteiger partial charge in [-0.15, -0.1) is 0 Å². The third kappa shape index (κ3) is 50.7. The number of phosphoric acid groups is 2. The molecule has 0 aliphatic rings. The summed E-state index contributed by atoms with van der Waals surface area (Å²) in [6, 6.07) is 0. The third-order valence-electron chi connectivity index (χ3n) is 13.9. The maximum absolute atomic E-state index is 12.9. The van der Waals surface area contributed by atoms with Crippen molar-refractivity contribution in [3.63, 3.8) is 0 Å². The van der Waals surface area contributed by atoms with Crippen LogP contribution in [0.4, 0.5) is 0 Å². The summed E-state index contributed by atoms with van der Waals surface area (Å²) in [4.78, 5) is 71.8. The monoisotopic (exact) mass is 1140 g/mol. The lowest BCUT2D eigenvalue weighted by Gasteiger charge is -2.21. The molecule has 4 unspecified atom stereocenters. The van der Waals surface area contributed by atoms with E-state index in [1.54, 1.807) is 0 Å². The number of unbranched alkanes of at least 4 members (excludes halogenated alkanes) is 22. The van der Waals surface area contributed by atoms with Gasteiger partial charge >= 0.3 is 39.5 Å². The molecule has 0 rings (SSSR count). The maximum atomic E-state index is 12.9. The number of aliphatic hydroxyl groups excluding tert-OH is 1. The van der Waals surface area contributed by atoms with E-state index in [9.17, 15) is 43.2 Å². The van der Waals surface area contributed by atoms with E-state index in [0.717, 1.165) is 115 Å². The highest BCUT2D eigenvalue weighted by atomic mass is 31.2. The zero-order valence-electron chi connectivity index (χ0n) is 49.4. The molecule has 0 heterocycles. The van der Waals surface area contributed by atoms with Gasteiger partial charge in [0, 0.05) is 25.7 Å². The molecule has 0 aliphatic heterocycles. The number of ether oxygens (including phenoxy) is 4. The highest BCUT2D eigenvalue weighted by molar-refractivity contribution is 7.47. The summed E-state index contributed by atoms with van der Waals surface area (Å²) < 4.78 is 67.6. The quantitative estimate of drug-likeness (QED) is 0.0222. The third-order valence-corrected chi connectivity index (χ3v) is 15.8. The zero-order valence-corrected chi connectivity index (χ0v) is 51.2. The molecule has 0 aliphatic carbocycles. The van der Waals surface area contributed by atoms with E-state index >= 15 is 0 Å². The van der Waals surface area contributed by atoms with Crippen LogP contribution in [-0.4, -0.2) is 96.7 Å². The first-order valence-corrected chi connectivity index (χ1v) is 33.4. The summed E-state index contributed by atoms with van der Waals surface area (Å²) in [7, 11) is -9.87. The summed E-state index contributed by atoms with van der Waals surface area (Å²) in [6.07, 6.45) is 28.3. The zero-order chi connectivity index (χ0) is 57.4. The van der Waals surface area contributed by atoms with Crippen molar-refractivity contribution in [2.45, 2.75) is 292 Å². The molecule has 0 fully saturated rings. The van der Waals surface area contributed by atoms with Crippen LogP contribution in [0, 0.1) is 17.8 Å². The van der Waals surface area contributed by atoms with Crippen molar-refractivity contribution in [1.29, 1.82) is 0 Å². The Hall–Kier alpha value is -1.94. The minimum atomic E-state index is -4.94. The van der Waals surface area contributed by atoms with Crippen molar-refractivity contribution in [3.8, 4) is 0 Å². The Morgan fingerprint density at radius 2 is 0.662 bits per heavy atom. The van der Waals surface area contributed by atoms with Crippen molar-refractivity contribution < 1.29 is 80.2 Å². The lowest BCUT2D eigenvalue weighted by molar-refractivity contribution is -0.161. The normalized spacial score (nSPS) is 15.3. The second-order valence-corrected chi connectivity index (χ2v) is 24.9. The van der Waals surface area contributed by atoms with Gasteiger partial charge in [0.15, 0.2) is 12.2 Å². The topological polar surface area (TPSA) is 237 Å². The molecule has 17 nitrogen and oxygen atoms in total. The number of esters is 4. The lowest BCUT2D eigenvalue weighted by Crippen LogP contribution is -2.30. The Labute approximate surface area is 467 Å². The molecule has 3 N–H and O–H groups in total. The molecule has 19 heteroatoms. The minimum absolute atomic E-state index is 0.101. The summed E-state index contributed by atoms with van der Waals surface area (Å²) in [5, 5.41) is 10.5. The SMILES string of the molecule is CCCCCCCCCCC(=O)OC[C@H](COP(=O)(O)OC[C@H](O)COP(=O)(O)OC[C@@H](COC(=O)CCCCCCCCC(C)CC)OC(=O)CCCCCCCCC(C)CC)OC(=O)CCCCCCCCC(C)C. The second kappa shape index (κ2) is 49.8. The van der Waals surface area contributed by atoms with Gasteiger partial charge in [0.05, 0.1) is 26.4 Å². The van der Waals surface area contributed by atoms with Crippen molar-refractivity contribution in [1.82, 2.24) is 0 Å². The average molecular weight is 1140 g/mol. The highest BCUT2D eigenvalue weighted by Gasteiger charge is 2.30. The second-order valence-electron chi connectivity index (χ2n) is 22.0. The van der Waals surface area contributed by atoms with Crippen molar-refractivity contribution in [2.75, 3.05) is 39.6 Å². The number of aliphatic hydroxyl groups is 1. The lowest BCUT2D eigenvalue weighted by atomic mass is 10.00. The van der Waals surface area contributed by atoms with Gasteiger partial charge in [-0.25, -0.2) is 9.13 Å². The van der Waals surface area contributed by atoms with Crippen LogP contribution in [0.2, 0.25) is 0 Å². The molecule has 0 aromatic rings. The predicted octanol–water partition coefficient (Wildman–Crippen LogP) is 15.2. The van der Waals surface area contributed by atoms with E-state index in [2.05, 4.69) is 48.5 Å². The van der Waals surface area contributed by atoms with Gasteiger partial charge in [0.25, 0.3) is 0 Å². The van der Waals surface area contributed by atoms with Gasteiger partial charge in [0.2, 0.25) is 0 Å². The van der Waals surface area contributed by atoms with E-state index < -0.39 is 97.5 Å². The fraction of sp³-hybridized carbons (Fsp3) is 0.931. The number of carbonyl (C=O) groups excluding carboxylic acids is 4. The van der Waals surface area contributed by atoms with Gasteiger partial charge in [-0.2, -0.15) is 0 Å². The maximum Gasteiger partial charge on any atom is 0.472 e. The summed E-state index contributed by atoms with van der Waals surface area (Å²) >= 11 is 0. The summed E-state index contributed by atoms with van der Waals surface area (Å²) in [5.41, 5.74) is 0. The van der Waals surface area contributed by atoms with Crippen LogP contribution >= 0.6 is 15.6 Å². The van der Waals surface area contributed by atoms with Crippen LogP contribution < -0.4 is 0 Å². The van der Waals surface area contributed by atoms with Gasteiger partial charge in [0.1, 0.15) is 19.3 Å². The van der Waals surface area contributed by atoms with Gasteiger partial charge in [-0.1, -0.05) is 222 Å². The number of hydrogen-bond acceptors (Lipinski definition) is 15. The molecule has 0 radical (unpaired) electrons. The van der Waals surface area contributed by atoms with Crippen LogP contribution in [0.1, 0.15) is 273 Å². The van der Waals surface area contributed by atoms with Crippen molar-refractivity contribution in [3.05, 3.63) is 0 Å². The largest absolute Gasteiger partial charge is 0.472 e. The smallest absolute Gasteiger partial charge is 0.462 e. The fourth-order valence-electron chi connectivity index (χ4n) is 8.35. The molecule has 77 heavy (non-hydrogen) atoms. The molecule has 0 amide bonds. The number of rotatable bonds is 56. The average Bonchev–Trinajstić information content (AvgIpc) is 3.39. The van der Waals surface area contributed by atoms with E-state index in [4.69, 9.17) is 37.0 Å². The van der Waals surface area contributed by atoms with Crippen molar-refractivity contribution in [2.24, 2.45) is 17.8 Å². The van der Waals surface area contributed by atoms with Crippen LogP contribution in [0.15, 0.2) is 0 Å². The first-order chi connectivity index (χ1) is 36.8. The number of carbonyl (C=O) groups is 4. The molecular formula is C58H112O17P2. The number of phosphoric ester groups is 2. The van der Waals surface area contributed by atoms with Crippen LogP contribution in [0.25, 0.3) is 0 Å². The molecule has 0 spiro atoms. The molecule has 0 saturated carbocycles. The van der Waals surface area contributed by atoms with Crippen LogP contribution in [0.5, 0.6) is 0 Å². The van der Waals surface area contributed by atoms with E-state index in [-0.39, 0.29) is 25.7 Å². The Bertz CT molecular complexity index is 1550. The Morgan fingerprint density at radius 1 is 0.377 bits per heavy atom. The molecule has 0 aromatic carbocycles. The Kier molecular flexibility index (Phi) is 48.6. The molecule has 0 aromatic heterocycles. The Balaban J connectivity index is 5.25. The molecule has 0 saturated heterocycles. The van der Waals surface area contributed by atoms with Gasteiger partial charge < -0.3 is 33.8 Å². The Morgan fingerprint density at radius 3 is 0.987 bits per heavy atom. The number of hydrogen-bond donors (Lipinski definition) is 3. The molecule has 0 bridgehead atoms. The van der Waals surface area contributed by atoms with Crippen molar-refractivity contribution >= 4 is 39.5 Å². The molecule has 7 atom stereocenters. The van der Waals surface area contributed by atoms with Gasteiger partial charge in [-0.3, -0.25) is 37.3 Å². The minimum Gasteiger partial charge on any atom is -0.462 e. The highest BCUT2D eigenvalue weighted by Crippen LogP contribution is 2.45. The van der Waals surface area contributed by atoms with Crippen LogP contribution in [-0.2, 0) is 65.4 Å².